The molecule has 5 aromatic rings. The van der Waals surface area contributed by atoms with Crippen LogP contribution in [0.5, 0.6) is 5.88 Å². The van der Waals surface area contributed by atoms with Crippen molar-refractivity contribution in [3.05, 3.63) is 87.9 Å². The first-order chi connectivity index (χ1) is 16.9. The number of H-pyrrole nitrogens is 1. The summed E-state index contributed by atoms with van der Waals surface area (Å²) in [5, 5.41) is 18.9. The van der Waals surface area contributed by atoms with Crippen LogP contribution < -0.4 is 5.56 Å². The molecule has 0 aliphatic heterocycles. The highest BCUT2D eigenvalue weighted by Gasteiger charge is 2.16. The second-order valence-electron chi connectivity index (χ2n) is 7.43. The average molecular weight is 508 g/mol. The number of carbonyl (C=O) groups excluding carboxylic acids is 1. The van der Waals surface area contributed by atoms with Crippen LogP contribution in [0.25, 0.3) is 27.5 Å². The number of aromatic hydroxyl groups is 1. The maximum Gasteiger partial charge on any atom is 0.275 e. The van der Waals surface area contributed by atoms with Gasteiger partial charge in [0, 0.05) is 10.4 Å². The van der Waals surface area contributed by atoms with Crippen LogP contribution in [0.1, 0.15) is 0 Å². The number of hydrogen-bond donors (Lipinski definition) is 2. The monoisotopic (exact) mass is 507 g/mol. The Morgan fingerprint density at radius 3 is 2.71 bits per heavy atom. The fourth-order valence-electron chi connectivity index (χ4n) is 3.54. The molecule has 2 aromatic heterocycles. The Morgan fingerprint density at radius 1 is 1.11 bits per heavy atom. The lowest BCUT2D eigenvalue weighted by Crippen LogP contribution is -2.22. The second kappa shape index (κ2) is 9.32. The lowest BCUT2D eigenvalue weighted by Gasteiger charge is -2.12. The van der Waals surface area contributed by atoms with Crippen molar-refractivity contribution in [2.45, 2.75) is 5.16 Å². The summed E-state index contributed by atoms with van der Waals surface area (Å²) < 4.78 is 15.0. The standard InChI is InChI=1S/C24H15ClFN5O3S/c25-13-6-8-19-17(10-13)23(34)31(15-4-2-1-3-5-15)24(28-19)35-12-20(32)29-30-21-16-11-14(26)7-9-18(16)27-22(21)33/h1-11,27,33H,12H2. The number of aromatic nitrogens is 3. The molecule has 0 saturated heterocycles. The molecule has 11 heteroatoms. The van der Waals surface area contributed by atoms with Gasteiger partial charge in [-0.2, -0.15) is 0 Å². The van der Waals surface area contributed by atoms with Crippen LogP contribution in [-0.4, -0.2) is 31.3 Å². The number of hydrogen-bond acceptors (Lipinski definition) is 6. The highest BCUT2D eigenvalue weighted by molar-refractivity contribution is 7.99. The van der Waals surface area contributed by atoms with Gasteiger partial charge in [0.05, 0.1) is 27.9 Å². The van der Waals surface area contributed by atoms with Crippen LogP contribution >= 0.6 is 23.4 Å². The zero-order chi connectivity index (χ0) is 24.5. The predicted octanol–water partition coefficient (Wildman–Crippen LogP) is 5.77. The third-order valence-electron chi connectivity index (χ3n) is 5.11. The van der Waals surface area contributed by atoms with Crippen molar-refractivity contribution in [1.29, 1.82) is 0 Å². The second-order valence-corrected chi connectivity index (χ2v) is 8.81. The summed E-state index contributed by atoms with van der Waals surface area (Å²) >= 11 is 7.09. The summed E-state index contributed by atoms with van der Waals surface area (Å²) in [6.07, 6.45) is 0. The van der Waals surface area contributed by atoms with Crippen molar-refractivity contribution in [3.63, 3.8) is 0 Å². The molecule has 0 aliphatic carbocycles. The number of aromatic amines is 1. The van der Waals surface area contributed by atoms with Crippen molar-refractivity contribution in [2.24, 2.45) is 10.2 Å². The fraction of sp³-hybridized carbons (Fsp3) is 0.0417. The Hall–Kier alpha value is -4.02. The smallest absolute Gasteiger partial charge is 0.275 e. The zero-order valence-corrected chi connectivity index (χ0v) is 19.3. The molecule has 0 atom stereocenters. The Kier molecular flexibility index (Phi) is 6.06. The third kappa shape index (κ3) is 4.53. The summed E-state index contributed by atoms with van der Waals surface area (Å²) in [4.78, 5) is 33.0. The quantitative estimate of drug-likeness (QED) is 0.178. The molecule has 3 aromatic carbocycles. The van der Waals surface area contributed by atoms with E-state index in [9.17, 15) is 19.1 Å². The van der Waals surface area contributed by atoms with Gasteiger partial charge < -0.3 is 10.1 Å². The molecule has 5 rings (SSSR count). The fourth-order valence-corrected chi connectivity index (χ4v) is 4.50. The molecule has 8 nitrogen and oxygen atoms in total. The highest BCUT2D eigenvalue weighted by Crippen LogP contribution is 2.35. The Balaban J connectivity index is 1.46. The lowest BCUT2D eigenvalue weighted by atomic mass is 10.2. The minimum absolute atomic E-state index is 0.0419. The van der Waals surface area contributed by atoms with Gasteiger partial charge in [0.1, 0.15) is 5.82 Å². The number of para-hydroxylation sites is 1. The van der Waals surface area contributed by atoms with Gasteiger partial charge in [0.15, 0.2) is 10.8 Å². The molecule has 0 spiro atoms. The molecule has 0 bridgehead atoms. The van der Waals surface area contributed by atoms with E-state index in [0.29, 0.717) is 32.5 Å². The van der Waals surface area contributed by atoms with Gasteiger partial charge in [-0.3, -0.25) is 14.2 Å². The number of carbonyl (C=O) groups is 1. The van der Waals surface area contributed by atoms with Crippen LogP contribution in [0.2, 0.25) is 5.02 Å². The van der Waals surface area contributed by atoms with Crippen molar-refractivity contribution >= 4 is 56.8 Å². The molecule has 1 amide bonds. The summed E-state index contributed by atoms with van der Waals surface area (Å²) in [5.74, 6) is -1.66. The Bertz CT molecular complexity index is 1680. The molecule has 0 radical (unpaired) electrons. The predicted molar refractivity (Wildman–Crippen MR) is 133 cm³/mol. The van der Waals surface area contributed by atoms with E-state index in [0.717, 1.165) is 11.8 Å². The van der Waals surface area contributed by atoms with E-state index in [-0.39, 0.29) is 28.0 Å². The number of nitrogens with zero attached hydrogens (tertiary/aromatic N) is 4. The number of nitrogens with one attached hydrogen (secondary N) is 1. The average Bonchev–Trinajstić information content (AvgIpc) is 3.16. The van der Waals surface area contributed by atoms with Gasteiger partial charge in [0.2, 0.25) is 5.88 Å². The number of halogens is 2. The molecular weight excluding hydrogens is 493 g/mol. The van der Waals surface area contributed by atoms with Gasteiger partial charge in [0.25, 0.3) is 11.5 Å². The number of amides is 1. The van der Waals surface area contributed by atoms with E-state index in [2.05, 4.69) is 20.2 Å². The van der Waals surface area contributed by atoms with Gasteiger partial charge >= 0.3 is 0 Å². The normalized spacial score (nSPS) is 11.6. The number of thioether (sulfide) groups is 1. The van der Waals surface area contributed by atoms with Crippen molar-refractivity contribution in [2.75, 3.05) is 5.75 Å². The van der Waals surface area contributed by atoms with Crippen molar-refractivity contribution in [1.82, 2.24) is 14.5 Å². The van der Waals surface area contributed by atoms with Crippen LogP contribution in [0.15, 0.2) is 86.9 Å². The number of benzene rings is 3. The van der Waals surface area contributed by atoms with Crippen LogP contribution in [-0.2, 0) is 4.79 Å². The zero-order valence-electron chi connectivity index (χ0n) is 17.8. The molecule has 35 heavy (non-hydrogen) atoms. The first-order valence-electron chi connectivity index (χ1n) is 10.3. The Labute approximate surface area is 206 Å². The Morgan fingerprint density at radius 2 is 1.91 bits per heavy atom. The molecule has 2 N–H and O–H groups in total. The van der Waals surface area contributed by atoms with Gasteiger partial charge in [-0.1, -0.05) is 41.6 Å². The van der Waals surface area contributed by atoms with E-state index < -0.39 is 11.7 Å². The molecule has 0 unspecified atom stereocenters. The summed E-state index contributed by atoms with van der Waals surface area (Å²) in [7, 11) is 0. The number of azo groups is 1. The van der Waals surface area contributed by atoms with E-state index in [1.165, 1.54) is 22.8 Å². The highest BCUT2D eigenvalue weighted by atomic mass is 35.5. The van der Waals surface area contributed by atoms with E-state index in [1.54, 1.807) is 42.5 Å². The topological polar surface area (TPSA) is 113 Å². The molecular formula is C24H15ClFN5O3S. The summed E-state index contributed by atoms with van der Waals surface area (Å²) in [6.45, 7) is 0. The maximum atomic E-state index is 13.6. The maximum absolute atomic E-state index is 13.6. The number of fused-ring (bicyclic) bond motifs is 2. The lowest BCUT2D eigenvalue weighted by molar-refractivity contribution is -0.115. The largest absolute Gasteiger partial charge is 0.493 e. The molecule has 0 saturated carbocycles. The molecule has 0 fully saturated rings. The third-order valence-corrected chi connectivity index (χ3v) is 6.27. The van der Waals surface area contributed by atoms with Gasteiger partial charge in [-0.05, 0) is 48.5 Å². The van der Waals surface area contributed by atoms with E-state index in [4.69, 9.17) is 11.6 Å². The molecule has 2 heterocycles. The van der Waals surface area contributed by atoms with Crippen molar-refractivity contribution in [3.8, 4) is 11.6 Å². The van der Waals surface area contributed by atoms with Crippen LogP contribution in [0, 0.1) is 5.82 Å². The van der Waals surface area contributed by atoms with Crippen molar-refractivity contribution < 1.29 is 14.3 Å². The summed E-state index contributed by atoms with van der Waals surface area (Å²) in [5.41, 5.74) is 1.10. The van der Waals surface area contributed by atoms with Crippen LogP contribution in [0.4, 0.5) is 10.1 Å². The minimum atomic E-state index is -0.634. The van der Waals surface area contributed by atoms with E-state index in [1.807, 2.05) is 6.07 Å². The first kappa shape index (κ1) is 22.8. The first-order valence-corrected chi connectivity index (χ1v) is 11.6. The SMILES string of the molecule is O=C(CSc1nc2ccc(Cl)cc2c(=O)n1-c1ccccc1)N=Nc1c(O)[nH]c2ccc(F)cc12. The molecule has 0 aliphatic rings. The van der Waals surface area contributed by atoms with E-state index >= 15 is 0 Å². The minimum Gasteiger partial charge on any atom is -0.493 e. The number of rotatable bonds is 5. The van der Waals surface area contributed by atoms with Crippen LogP contribution in [0.3, 0.4) is 0 Å². The van der Waals surface area contributed by atoms with Gasteiger partial charge in [-0.15, -0.1) is 10.2 Å². The van der Waals surface area contributed by atoms with Gasteiger partial charge in [-0.25, -0.2) is 9.37 Å². The summed E-state index contributed by atoms with van der Waals surface area (Å²) in [6, 6.07) is 17.6. The molecule has 174 valence electrons.